The van der Waals surface area contributed by atoms with E-state index in [1.807, 2.05) is 11.0 Å². The molecule has 1 saturated heterocycles. The molecule has 31 heavy (non-hydrogen) atoms. The lowest BCUT2D eigenvalue weighted by molar-refractivity contribution is 0.0686. The molecule has 6 nitrogen and oxygen atoms in total. The van der Waals surface area contributed by atoms with E-state index >= 15 is 0 Å². The minimum Gasteiger partial charge on any atom is -0.495 e. The molecule has 1 amide bonds. The van der Waals surface area contributed by atoms with E-state index in [2.05, 4.69) is 29.0 Å². The average molecular weight is 443 g/mol. The van der Waals surface area contributed by atoms with Gasteiger partial charge in [0.15, 0.2) is 0 Å². The van der Waals surface area contributed by atoms with Gasteiger partial charge >= 0.3 is 0 Å². The summed E-state index contributed by atoms with van der Waals surface area (Å²) in [5.74, 6) is 0.746. The zero-order valence-corrected chi connectivity index (χ0v) is 18.7. The van der Waals surface area contributed by atoms with Crippen LogP contribution in [-0.2, 0) is 16.4 Å². The summed E-state index contributed by atoms with van der Waals surface area (Å²) in [4.78, 5) is 14.9. The van der Waals surface area contributed by atoms with E-state index in [-0.39, 0.29) is 22.6 Å². The summed E-state index contributed by atoms with van der Waals surface area (Å²) in [6, 6.07) is 15.2. The Balaban J connectivity index is 1.39. The molecule has 1 aliphatic carbocycles. The van der Waals surface area contributed by atoms with Crippen LogP contribution in [0.15, 0.2) is 53.4 Å². The van der Waals surface area contributed by atoms with Gasteiger partial charge in [0.05, 0.1) is 7.11 Å². The molecule has 7 heteroatoms. The van der Waals surface area contributed by atoms with E-state index < -0.39 is 10.0 Å². The van der Waals surface area contributed by atoms with Crippen molar-refractivity contribution >= 4 is 15.9 Å². The van der Waals surface area contributed by atoms with Crippen LogP contribution >= 0.6 is 0 Å². The number of ether oxygens (including phenoxy) is 1. The van der Waals surface area contributed by atoms with E-state index in [4.69, 9.17) is 4.74 Å². The van der Waals surface area contributed by atoms with Crippen molar-refractivity contribution in [3.05, 3.63) is 59.7 Å². The molecular formula is C24H30N2O4S. The monoisotopic (exact) mass is 442 g/mol. The number of carbonyl (C=O) groups is 1. The van der Waals surface area contributed by atoms with Gasteiger partial charge in [-0.25, -0.2) is 13.1 Å². The molecule has 1 aliphatic heterocycles. The molecule has 0 spiro atoms. The van der Waals surface area contributed by atoms with Gasteiger partial charge in [0.1, 0.15) is 10.6 Å². The minimum absolute atomic E-state index is 0.0102. The number of hydrogen-bond donors (Lipinski definition) is 1. The number of aryl methyl sites for hydroxylation is 1. The zero-order valence-electron chi connectivity index (χ0n) is 17.9. The SMILES string of the molecule is COc1ccc(C(=O)N2CCC(CCc3ccccc3)CC2)cc1S(=O)(=O)NC1CC1. The van der Waals surface area contributed by atoms with Crippen LogP contribution in [-0.4, -0.2) is 45.5 Å². The van der Waals surface area contributed by atoms with Crippen LogP contribution in [0.25, 0.3) is 0 Å². The maximum atomic E-state index is 13.1. The largest absolute Gasteiger partial charge is 0.495 e. The highest BCUT2D eigenvalue weighted by Crippen LogP contribution is 2.29. The van der Waals surface area contributed by atoms with Gasteiger partial charge in [0, 0.05) is 24.7 Å². The Morgan fingerprint density at radius 3 is 2.42 bits per heavy atom. The molecule has 0 atom stereocenters. The van der Waals surface area contributed by atoms with Gasteiger partial charge in [0.2, 0.25) is 10.0 Å². The molecule has 0 bridgehead atoms. The molecule has 2 aromatic carbocycles. The maximum Gasteiger partial charge on any atom is 0.253 e. The van der Waals surface area contributed by atoms with Gasteiger partial charge in [-0.2, -0.15) is 0 Å². The van der Waals surface area contributed by atoms with Crippen LogP contribution in [0, 0.1) is 5.92 Å². The Morgan fingerprint density at radius 2 is 1.77 bits per heavy atom. The molecule has 1 N–H and O–H groups in total. The van der Waals surface area contributed by atoms with Crippen molar-refractivity contribution in [3.8, 4) is 5.75 Å². The predicted octanol–water partition coefficient (Wildman–Crippen LogP) is 3.62. The first-order valence-corrected chi connectivity index (χ1v) is 12.5. The van der Waals surface area contributed by atoms with Gasteiger partial charge in [-0.1, -0.05) is 30.3 Å². The van der Waals surface area contributed by atoms with E-state index in [1.54, 1.807) is 12.1 Å². The Bertz CT molecular complexity index is 1010. The number of nitrogens with one attached hydrogen (secondary N) is 1. The Morgan fingerprint density at radius 1 is 1.06 bits per heavy atom. The molecule has 2 aliphatic rings. The highest BCUT2D eigenvalue weighted by Gasteiger charge is 2.31. The van der Waals surface area contributed by atoms with Gasteiger partial charge < -0.3 is 9.64 Å². The van der Waals surface area contributed by atoms with E-state index in [9.17, 15) is 13.2 Å². The first-order chi connectivity index (χ1) is 15.0. The number of carbonyl (C=O) groups excluding carboxylic acids is 1. The summed E-state index contributed by atoms with van der Waals surface area (Å²) < 4.78 is 33.4. The second kappa shape index (κ2) is 9.40. The van der Waals surface area contributed by atoms with Crippen molar-refractivity contribution in [1.29, 1.82) is 0 Å². The van der Waals surface area contributed by atoms with E-state index in [1.165, 1.54) is 18.7 Å². The van der Waals surface area contributed by atoms with Crippen LogP contribution < -0.4 is 9.46 Å². The summed E-state index contributed by atoms with van der Waals surface area (Å²) in [6.07, 6.45) is 5.84. The predicted molar refractivity (Wildman–Crippen MR) is 120 cm³/mol. The van der Waals surface area contributed by atoms with Crippen molar-refractivity contribution in [2.24, 2.45) is 5.92 Å². The molecule has 4 rings (SSSR count). The fourth-order valence-corrected chi connectivity index (χ4v) is 5.63. The third-order valence-corrected chi connectivity index (χ3v) is 7.73. The molecule has 166 valence electrons. The first kappa shape index (κ1) is 21.8. The van der Waals surface area contributed by atoms with Gasteiger partial charge in [0.25, 0.3) is 5.91 Å². The summed E-state index contributed by atoms with van der Waals surface area (Å²) in [6.45, 7) is 1.40. The average Bonchev–Trinajstić information content (AvgIpc) is 3.61. The standard InChI is InChI=1S/C24H30N2O4S/c1-30-22-12-9-20(17-23(22)31(28,29)25-21-10-11-21)24(27)26-15-13-19(14-16-26)8-7-18-5-3-2-4-6-18/h2-6,9,12,17,19,21,25H,7-8,10-11,13-16H2,1H3. The van der Waals surface area contributed by atoms with Crippen LogP contribution in [0.1, 0.15) is 48.0 Å². The number of benzene rings is 2. The Kier molecular flexibility index (Phi) is 6.62. The molecule has 1 saturated carbocycles. The lowest BCUT2D eigenvalue weighted by atomic mass is 9.90. The second-order valence-corrected chi connectivity index (χ2v) is 10.2. The first-order valence-electron chi connectivity index (χ1n) is 11.0. The highest BCUT2D eigenvalue weighted by atomic mass is 32.2. The number of rotatable bonds is 8. The zero-order chi connectivity index (χ0) is 21.8. The normalized spacial score (nSPS) is 17.5. The van der Waals surface area contributed by atoms with Crippen LogP contribution in [0.5, 0.6) is 5.75 Å². The third kappa shape index (κ3) is 5.46. The minimum atomic E-state index is -3.71. The van der Waals surface area contributed by atoms with E-state index in [0.717, 1.165) is 38.5 Å². The fourth-order valence-electron chi connectivity index (χ4n) is 4.13. The number of methoxy groups -OCH3 is 1. The van der Waals surface area contributed by atoms with Gasteiger partial charge in [-0.05, 0) is 68.2 Å². The number of piperidine rings is 1. The number of amides is 1. The summed E-state index contributed by atoms with van der Waals surface area (Å²) in [5, 5.41) is 0. The van der Waals surface area contributed by atoms with Crippen LogP contribution in [0.4, 0.5) is 0 Å². The van der Waals surface area contributed by atoms with Crippen LogP contribution in [0.3, 0.4) is 0 Å². The van der Waals surface area contributed by atoms with Crippen molar-refractivity contribution < 1.29 is 17.9 Å². The van der Waals surface area contributed by atoms with Crippen molar-refractivity contribution in [3.63, 3.8) is 0 Å². The van der Waals surface area contributed by atoms with Gasteiger partial charge in [-0.3, -0.25) is 4.79 Å². The molecule has 1 heterocycles. The van der Waals surface area contributed by atoms with Crippen molar-refractivity contribution in [1.82, 2.24) is 9.62 Å². The molecule has 0 aromatic heterocycles. The van der Waals surface area contributed by atoms with Gasteiger partial charge in [-0.15, -0.1) is 0 Å². The number of nitrogens with zero attached hydrogens (tertiary/aromatic N) is 1. The lowest BCUT2D eigenvalue weighted by Crippen LogP contribution is -2.38. The number of likely N-dealkylation sites (tertiary alicyclic amines) is 1. The smallest absolute Gasteiger partial charge is 0.253 e. The molecular weight excluding hydrogens is 412 g/mol. The fraction of sp³-hybridized carbons (Fsp3) is 0.458. The molecule has 0 unspecified atom stereocenters. The highest BCUT2D eigenvalue weighted by molar-refractivity contribution is 7.89. The Hall–Kier alpha value is -2.38. The van der Waals surface area contributed by atoms with Crippen molar-refractivity contribution in [2.45, 2.75) is 49.5 Å². The number of hydrogen-bond acceptors (Lipinski definition) is 4. The maximum absolute atomic E-state index is 13.1. The topological polar surface area (TPSA) is 75.7 Å². The molecule has 2 fully saturated rings. The summed E-state index contributed by atoms with van der Waals surface area (Å²) >= 11 is 0. The molecule has 2 aromatic rings. The summed E-state index contributed by atoms with van der Waals surface area (Å²) in [5.41, 5.74) is 1.74. The number of sulfonamides is 1. The second-order valence-electron chi connectivity index (χ2n) is 8.52. The third-order valence-electron chi connectivity index (χ3n) is 6.19. The van der Waals surface area contributed by atoms with E-state index in [0.29, 0.717) is 24.6 Å². The molecule has 0 radical (unpaired) electrons. The lowest BCUT2D eigenvalue weighted by Gasteiger charge is -2.32. The van der Waals surface area contributed by atoms with Crippen molar-refractivity contribution in [2.75, 3.05) is 20.2 Å². The van der Waals surface area contributed by atoms with Crippen LogP contribution in [0.2, 0.25) is 0 Å². The Labute approximate surface area is 184 Å². The summed E-state index contributed by atoms with van der Waals surface area (Å²) in [7, 11) is -2.28. The quantitative estimate of drug-likeness (QED) is 0.678.